The van der Waals surface area contributed by atoms with Crippen molar-refractivity contribution in [2.75, 3.05) is 43.6 Å². The zero-order valence-corrected chi connectivity index (χ0v) is 16.3. The molecule has 3 rings (SSSR count). The van der Waals surface area contributed by atoms with Gasteiger partial charge in [-0.05, 0) is 43.6 Å². The lowest BCUT2D eigenvalue weighted by Crippen LogP contribution is -2.33. The molecule has 0 spiro atoms. The van der Waals surface area contributed by atoms with Gasteiger partial charge < -0.3 is 25.0 Å². The molecule has 0 atom stereocenters. The molecule has 7 nitrogen and oxygen atoms in total. The monoisotopic (exact) mass is 387 g/mol. The van der Waals surface area contributed by atoms with E-state index in [1.165, 1.54) is 19.3 Å². The molecule has 2 heterocycles. The lowest BCUT2D eigenvalue weighted by molar-refractivity contribution is 0.204. The summed E-state index contributed by atoms with van der Waals surface area (Å²) in [7, 11) is 1.65. The standard InChI is InChI=1S/C19H25N5O2S/c1-25-13-10-20-19(27)23-18-21-16(24-11-6-3-7-12-24)14-17(22-18)26-15-8-4-2-5-9-15/h2,4-5,8-9,14H,3,6-7,10-13H2,1H3,(H2,20,21,22,23,27). The van der Waals surface area contributed by atoms with Crippen LogP contribution in [0.3, 0.4) is 0 Å². The van der Waals surface area contributed by atoms with E-state index in [4.69, 9.17) is 21.7 Å². The maximum Gasteiger partial charge on any atom is 0.234 e. The van der Waals surface area contributed by atoms with E-state index in [1.807, 2.05) is 36.4 Å². The first kappa shape index (κ1) is 19.3. The van der Waals surface area contributed by atoms with Crippen molar-refractivity contribution in [2.24, 2.45) is 0 Å². The van der Waals surface area contributed by atoms with Gasteiger partial charge in [-0.3, -0.25) is 0 Å². The van der Waals surface area contributed by atoms with Crippen LogP contribution in [0.1, 0.15) is 19.3 Å². The van der Waals surface area contributed by atoms with Gasteiger partial charge in [0.05, 0.1) is 6.61 Å². The molecule has 8 heteroatoms. The van der Waals surface area contributed by atoms with E-state index in [9.17, 15) is 0 Å². The van der Waals surface area contributed by atoms with Crippen LogP contribution in [-0.4, -0.2) is 48.4 Å². The van der Waals surface area contributed by atoms with Gasteiger partial charge in [-0.1, -0.05) is 18.2 Å². The largest absolute Gasteiger partial charge is 0.439 e. The Morgan fingerprint density at radius 3 is 2.67 bits per heavy atom. The molecule has 2 aromatic rings. The Labute approximate surface area is 165 Å². The second-order valence-corrected chi connectivity index (χ2v) is 6.63. The SMILES string of the molecule is COCCNC(=S)Nc1nc(Oc2ccccc2)cc(N2CCCCC2)n1. The number of ether oxygens (including phenoxy) is 2. The molecule has 1 aliphatic rings. The highest BCUT2D eigenvalue weighted by Crippen LogP contribution is 2.26. The third-order valence-corrected chi connectivity index (χ3v) is 4.40. The van der Waals surface area contributed by atoms with Gasteiger partial charge in [0.25, 0.3) is 0 Å². The molecule has 1 aromatic heterocycles. The van der Waals surface area contributed by atoms with E-state index >= 15 is 0 Å². The Morgan fingerprint density at radius 2 is 1.93 bits per heavy atom. The van der Waals surface area contributed by atoms with E-state index in [1.54, 1.807) is 7.11 Å². The van der Waals surface area contributed by atoms with Crippen molar-refractivity contribution in [1.82, 2.24) is 15.3 Å². The highest BCUT2D eigenvalue weighted by Gasteiger charge is 2.16. The smallest absolute Gasteiger partial charge is 0.234 e. The van der Waals surface area contributed by atoms with E-state index in [-0.39, 0.29) is 0 Å². The average Bonchev–Trinajstić information content (AvgIpc) is 2.69. The first-order chi connectivity index (χ1) is 13.2. The van der Waals surface area contributed by atoms with Crippen molar-refractivity contribution in [3.8, 4) is 11.6 Å². The molecule has 0 saturated carbocycles. The lowest BCUT2D eigenvalue weighted by atomic mass is 10.1. The van der Waals surface area contributed by atoms with E-state index in [0.717, 1.165) is 24.7 Å². The molecule has 1 fully saturated rings. The van der Waals surface area contributed by atoms with Crippen LogP contribution in [0.25, 0.3) is 0 Å². The van der Waals surface area contributed by atoms with Crippen molar-refractivity contribution in [3.05, 3.63) is 36.4 Å². The molecule has 0 unspecified atom stereocenters. The van der Waals surface area contributed by atoms with E-state index in [0.29, 0.717) is 30.1 Å². The van der Waals surface area contributed by atoms with Crippen LogP contribution in [0, 0.1) is 0 Å². The molecule has 2 N–H and O–H groups in total. The van der Waals surface area contributed by atoms with E-state index in [2.05, 4.69) is 25.5 Å². The number of hydrogen-bond acceptors (Lipinski definition) is 6. The average molecular weight is 388 g/mol. The third kappa shape index (κ3) is 6.04. The number of piperidine rings is 1. The van der Waals surface area contributed by atoms with Crippen molar-refractivity contribution >= 4 is 29.1 Å². The summed E-state index contributed by atoms with van der Waals surface area (Å²) in [5.74, 6) is 2.48. The molecular weight excluding hydrogens is 362 g/mol. The highest BCUT2D eigenvalue weighted by atomic mass is 32.1. The number of hydrogen-bond donors (Lipinski definition) is 2. The fourth-order valence-corrected chi connectivity index (χ4v) is 3.02. The zero-order valence-electron chi connectivity index (χ0n) is 15.5. The van der Waals surface area contributed by atoms with Crippen LogP contribution in [-0.2, 0) is 4.74 Å². The molecule has 1 aliphatic heterocycles. The van der Waals surface area contributed by atoms with Gasteiger partial charge in [0.15, 0.2) is 5.11 Å². The number of thiocarbonyl (C=S) groups is 1. The normalized spacial score (nSPS) is 13.9. The minimum atomic E-state index is 0.416. The second kappa shape index (κ2) is 10.0. The van der Waals surface area contributed by atoms with Crippen LogP contribution in [0.4, 0.5) is 11.8 Å². The van der Waals surface area contributed by atoms with Gasteiger partial charge in [0.2, 0.25) is 11.8 Å². The summed E-state index contributed by atoms with van der Waals surface area (Å²) >= 11 is 5.31. The summed E-state index contributed by atoms with van der Waals surface area (Å²) in [4.78, 5) is 11.4. The summed E-state index contributed by atoms with van der Waals surface area (Å²) < 4.78 is 10.9. The molecule has 0 aliphatic carbocycles. The predicted molar refractivity (Wildman–Crippen MR) is 111 cm³/mol. The van der Waals surface area contributed by atoms with Crippen LogP contribution < -0.4 is 20.3 Å². The summed E-state index contributed by atoms with van der Waals surface area (Å²) in [6.07, 6.45) is 3.59. The number of nitrogens with one attached hydrogen (secondary N) is 2. The molecule has 1 saturated heterocycles. The van der Waals surface area contributed by atoms with Crippen LogP contribution >= 0.6 is 12.2 Å². The van der Waals surface area contributed by atoms with Crippen molar-refractivity contribution in [1.29, 1.82) is 0 Å². The maximum atomic E-state index is 5.93. The maximum absolute atomic E-state index is 5.93. The summed E-state index contributed by atoms with van der Waals surface area (Å²) in [5, 5.41) is 6.56. The Hall–Kier alpha value is -2.45. The molecule has 144 valence electrons. The fourth-order valence-electron chi connectivity index (χ4n) is 2.83. The van der Waals surface area contributed by atoms with Gasteiger partial charge >= 0.3 is 0 Å². The minimum Gasteiger partial charge on any atom is -0.439 e. The van der Waals surface area contributed by atoms with Gasteiger partial charge in [0, 0.05) is 32.8 Å². The minimum absolute atomic E-state index is 0.416. The molecular formula is C19H25N5O2S. The first-order valence-electron chi connectivity index (χ1n) is 9.15. The Bertz CT molecular complexity index is 738. The number of para-hydroxylation sites is 1. The Kier molecular flexibility index (Phi) is 7.18. The first-order valence-corrected chi connectivity index (χ1v) is 9.56. The van der Waals surface area contributed by atoms with Gasteiger partial charge in [0.1, 0.15) is 11.6 Å². The summed E-state index contributed by atoms with van der Waals surface area (Å²) in [6, 6.07) is 11.5. The highest BCUT2D eigenvalue weighted by molar-refractivity contribution is 7.80. The van der Waals surface area contributed by atoms with Crippen LogP contribution in [0.2, 0.25) is 0 Å². The number of aromatic nitrogens is 2. The molecule has 27 heavy (non-hydrogen) atoms. The Balaban J connectivity index is 1.78. The number of methoxy groups -OCH3 is 1. The fraction of sp³-hybridized carbons (Fsp3) is 0.421. The number of benzene rings is 1. The number of nitrogens with zero attached hydrogens (tertiary/aromatic N) is 3. The van der Waals surface area contributed by atoms with Crippen molar-refractivity contribution < 1.29 is 9.47 Å². The molecule has 0 radical (unpaired) electrons. The zero-order chi connectivity index (χ0) is 18.9. The van der Waals surface area contributed by atoms with Gasteiger partial charge in [-0.2, -0.15) is 9.97 Å². The number of rotatable bonds is 7. The van der Waals surface area contributed by atoms with Crippen molar-refractivity contribution in [3.63, 3.8) is 0 Å². The van der Waals surface area contributed by atoms with Crippen LogP contribution in [0.5, 0.6) is 11.6 Å². The topological polar surface area (TPSA) is 71.5 Å². The second-order valence-electron chi connectivity index (χ2n) is 6.22. The quantitative estimate of drug-likeness (QED) is 0.554. The summed E-state index contributed by atoms with van der Waals surface area (Å²) in [5.41, 5.74) is 0. The van der Waals surface area contributed by atoms with Crippen LogP contribution in [0.15, 0.2) is 36.4 Å². The molecule has 0 amide bonds. The molecule has 1 aromatic carbocycles. The Morgan fingerprint density at radius 1 is 1.15 bits per heavy atom. The van der Waals surface area contributed by atoms with Gasteiger partial charge in [-0.15, -0.1) is 0 Å². The number of anilines is 2. The van der Waals surface area contributed by atoms with Crippen molar-refractivity contribution in [2.45, 2.75) is 19.3 Å². The molecule has 0 bridgehead atoms. The van der Waals surface area contributed by atoms with Gasteiger partial charge in [-0.25, -0.2) is 0 Å². The third-order valence-electron chi connectivity index (χ3n) is 4.15. The lowest BCUT2D eigenvalue weighted by Gasteiger charge is -2.28. The predicted octanol–water partition coefficient (Wildman–Crippen LogP) is 3.19. The summed E-state index contributed by atoms with van der Waals surface area (Å²) in [6.45, 7) is 3.15. The van der Waals surface area contributed by atoms with E-state index < -0.39 is 0 Å².